The molecule has 2 aliphatic heterocycles. The molecule has 7 nitrogen and oxygen atoms in total. The van der Waals surface area contributed by atoms with Gasteiger partial charge in [0, 0.05) is 31.6 Å². The van der Waals surface area contributed by atoms with Crippen LogP contribution >= 0.6 is 0 Å². The SMILES string of the molecule is COc1ccc(C2(CNC(=O)C3=NN(c4ccccc4)C(C(C)=O)C3)CCOCC2)cc1. The van der Waals surface area contributed by atoms with Crippen molar-refractivity contribution in [2.75, 3.05) is 31.9 Å². The maximum absolute atomic E-state index is 13.1. The molecule has 0 saturated carbocycles. The molecular formula is C25H29N3O4. The molecule has 1 unspecified atom stereocenters. The van der Waals surface area contributed by atoms with Crippen molar-refractivity contribution in [2.24, 2.45) is 5.10 Å². The van der Waals surface area contributed by atoms with Crippen molar-refractivity contribution in [3.8, 4) is 5.75 Å². The average molecular weight is 436 g/mol. The van der Waals surface area contributed by atoms with E-state index < -0.39 is 6.04 Å². The molecule has 32 heavy (non-hydrogen) atoms. The number of ether oxygens (including phenoxy) is 2. The Bertz CT molecular complexity index is 982. The average Bonchev–Trinajstić information content (AvgIpc) is 3.30. The van der Waals surface area contributed by atoms with Crippen molar-refractivity contribution in [3.05, 3.63) is 60.2 Å². The summed E-state index contributed by atoms with van der Waals surface area (Å²) in [7, 11) is 1.65. The highest BCUT2D eigenvalue weighted by atomic mass is 16.5. The number of hydrazone groups is 1. The monoisotopic (exact) mass is 435 g/mol. The molecule has 0 aliphatic carbocycles. The molecule has 168 valence electrons. The minimum atomic E-state index is -0.461. The maximum Gasteiger partial charge on any atom is 0.267 e. The van der Waals surface area contributed by atoms with Crippen molar-refractivity contribution in [1.29, 1.82) is 0 Å². The van der Waals surface area contributed by atoms with E-state index in [1.807, 2.05) is 42.5 Å². The lowest BCUT2D eigenvalue weighted by Gasteiger charge is -2.38. The lowest BCUT2D eigenvalue weighted by atomic mass is 9.74. The fourth-order valence-electron chi connectivity index (χ4n) is 4.41. The van der Waals surface area contributed by atoms with Gasteiger partial charge in [0.25, 0.3) is 5.91 Å². The van der Waals surface area contributed by atoms with Crippen LogP contribution in [0.1, 0.15) is 31.7 Å². The number of amides is 1. The summed E-state index contributed by atoms with van der Waals surface area (Å²) in [4.78, 5) is 25.3. The second-order valence-corrected chi connectivity index (χ2v) is 8.36. The molecule has 0 aromatic heterocycles. The third-order valence-corrected chi connectivity index (χ3v) is 6.40. The third-order valence-electron chi connectivity index (χ3n) is 6.40. The number of benzene rings is 2. The van der Waals surface area contributed by atoms with E-state index in [-0.39, 0.29) is 17.1 Å². The highest BCUT2D eigenvalue weighted by Crippen LogP contribution is 2.35. The van der Waals surface area contributed by atoms with Crippen LogP contribution in [0.15, 0.2) is 59.7 Å². The topological polar surface area (TPSA) is 80.2 Å². The number of rotatable bonds is 7. The Labute approximate surface area is 188 Å². The summed E-state index contributed by atoms with van der Waals surface area (Å²) >= 11 is 0. The van der Waals surface area contributed by atoms with Crippen LogP contribution < -0.4 is 15.1 Å². The van der Waals surface area contributed by atoms with Crippen molar-refractivity contribution in [2.45, 2.75) is 37.6 Å². The zero-order valence-corrected chi connectivity index (χ0v) is 18.5. The summed E-state index contributed by atoms with van der Waals surface area (Å²) < 4.78 is 10.9. The minimum absolute atomic E-state index is 0.0143. The molecular weight excluding hydrogens is 406 g/mol. The number of anilines is 1. The highest BCUT2D eigenvalue weighted by molar-refractivity contribution is 6.40. The van der Waals surface area contributed by atoms with Crippen LogP contribution in [0.2, 0.25) is 0 Å². The van der Waals surface area contributed by atoms with Crippen LogP contribution in [0.25, 0.3) is 0 Å². The van der Waals surface area contributed by atoms with E-state index in [4.69, 9.17) is 9.47 Å². The molecule has 0 bridgehead atoms. The number of ketones is 1. The van der Waals surface area contributed by atoms with Crippen molar-refractivity contribution >= 4 is 23.1 Å². The van der Waals surface area contributed by atoms with E-state index in [1.54, 1.807) is 12.1 Å². The summed E-state index contributed by atoms with van der Waals surface area (Å²) in [5.74, 6) is 0.560. The predicted octanol–water partition coefficient (Wildman–Crippen LogP) is 3.08. The Morgan fingerprint density at radius 2 is 1.81 bits per heavy atom. The zero-order valence-electron chi connectivity index (χ0n) is 18.5. The molecule has 2 heterocycles. The van der Waals surface area contributed by atoms with Crippen LogP contribution in [0.3, 0.4) is 0 Å². The van der Waals surface area contributed by atoms with Gasteiger partial charge in [-0.3, -0.25) is 14.6 Å². The summed E-state index contributed by atoms with van der Waals surface area (Å²) in [6, 6.07) is 17.0. The number of para-hydroxylation sites is 1. The van der Waals surface area contributed by atoms with Crippen LogP contribution in [-0.2, 0) is 19.7 Å². The lowest BCUT2D eigenvalue weighted by Crippen LogP contribution is -2.46. The second-order valence-electron chi connectivity index (χ2n) is 8.36. The van der Waals surface area contributed by atoms with Gasteiger partial charge in [0.1, 0.15) is 17.5 Å². The summed E-state index contributed by atoms with van der Waals surface area (Å²) in [5.41, 5.74) is 2.13. The second kappa shape index (κ2) is 9.53. The number of hydrogen-bond donors (Lipinski definition) is 1. The molecule has 2 aromatic carbocycles. The number of carbonyl (C=O) groups is 2. The Hall–Kier alpha value is -3.19. The van der Waals surface area contributed by atoms with Gasteiger partial charge < -0.3 is 14.8 Å². The number of nitrogens with one attached hydrogen (secondary N) is 1. The van der Waals surface area contributed by atoms with Gasteiger partial charge in [0.05, 0.1) is 12.8 Å². The molecule has 0 spiro atoms. The Morgan fingerprint density at radius 3 is 2.44 bits per heavy atom. The molecule has 2 aliphatic rings. The molecule has 1 amide bonds. The number of hydrogen-bond acceptors (Lipinski definition) is 6. The van der Waals surface area contributed by atoms with Crippen LogP contribution in [0, 0.1) is 0 Å². The number of carbonyl (C=O) groups excluding carboxylic acids is 2. The standard InChI is InChI=1S/C25H29N3O4/c1-18(29)23-16-22(27-28(23)20-6-4-3-5-7-20)24(30)26-17-25(12-14-32-15-13-25)19-8-10-21(31-2)11-9-19/h3-11,23H,12-17H2,1-2H3,(H,26,30). The third kappa shape index (κ3) is 4.53. The Balaban J connectivity index is 1.51. The Morgan fingerprint density at radius 1 is 1.12 bits per heavy atom. The molecule has 1 saturated heterocycles. The Kier molecular flexibility index (Phi) is 6.55. The van der Waals surface area contributed by atoms with Gasteiger partial charge in [-0.2, -0.15) is 5.10 Å². The minimum Gasteiger partial charge on any atom is -0.497 e. The van der Waals surface area contributed by atoms with Gasteiger partial charge in [-0.25, -0.2) is 0 Å². The zero-order chi connectivity index (χ0) is 22.6. The van der Waals surface area contributed by atoms with Crippen molar-refractivity contribution in [1.82, 2.24) is 5.32 Å². The highest BCUT2D eigenvalue weighted by Gasteiger charge is 2.37. The molecule has 2 aromatic rings. The van der Waals surface area contributed by atoms with Crippen LogP contribution in [-0.4, -0.2) is 50.3 Å². The van der Waals surface area contributed by atoms with Gasteiger partial charge in [-0.1, -0.05) is 30.3 Å². The van der Waals surface area contributed by atoms with Crippen LogP contribution in [0.5, 0.6) is 5.75 Å². The lowest BCUT2D eigenvalue weighted by molar-refractivity contribution is -0.118. The fourth-order valence-corrected chi connectivity index (χ4v) is 4.41. The first-order valence-electron chi connectivity index (χ1n) is 11.0. The predicted molar refractivity (Wildman–Crippen MR) is 123 cm³/mol. The first kappa shape index (κ1) is 22.0. The molecule has 1 fully saturated rings. The molecule has 7 heteroatoms. The van der Waals surface area contributed by atoms with Crippen molar-refractivity contribution in [3.63, 3.8) is 0 Å². The summed E-state index contributed by atoms with van der Waals surface area (Å²) in [6.07, 6.45) is 1.94. The number of Topliss-reactive ketones (excluding diaryl/α,β-unsaturated/α-hetero) is 1. The molecule has 1 atom stereocenters. The van der Waals surface area contributed by atoms with Gasteiger partial charge in [-0.05, 0) is 49.6 Å². The van der Waals surface area contributed by atoms with Crippen LogP contribution in [0.4, 0.5) is 5.69 Å². The van der Waals surface area contributed by atoms with E-state index in [0.29, 0.717) is 31.9 Å². The quantitative estimate of drug-likeness (QED) is 0.723. The first-order valence-corrected chi connectivity index (χ1v) is 11.0. The fraction of sp³-hybridized carbons (Fsp3) is 0.400. The van der Waals surface area contributed by atoms with E-state index >= 15 is 0 Å². The molecule has 0 radical (unpaired) electrons. The number of nitrogens with zero attached hydrogens (tertiary/aromatic N) is 2. The van der Waals surface area contributed by atoms with Gasteiger partial charge in [-0.15, -0.1) is 0 Å². The van der Waals surface area contributed by atoms with E-state index in [0.717, 1.165) is 29.8 Å². The largest absolute Gasteiger partial charge is 0.497 e. The molecule has 4 rings (SSSR count). The number of methoxy groups -OCH3 is 1. The summed E-state index contributed by atoms with van der Waals surface area (Å²) in [6.45, 7) is 3.32. The normalized spacial score (nSPS) is 19.9. The van der Waals surface area contributed by atoms with E-state index in [1.165, 1.54) is 6.92 Å². The maximum atomic E-state index is 13.1. The molecule has 1 N–H and O–H groups in total. The van der Waals surface area contributed by atoms with E-state index in [2.05, 4.69) is 22.6 Å². The first-order chi connectivity index (χ1) is 15.5. The van der Waals surface area contributed by atoms with E-state index in [9.17, 15) is 9.59 Å². The van der Waals surface area contributed by atoms with Gasteiger partial charge in [0.15, 0.2) is 5.78 Å². The van der Waals surface area contributed by atoms with Gasteiger partial charge >= 0.3 is 0 Å². The van der Waals surface area contributed by atoms with Crippen molar-refractivity contribution < 1.29 is 19.1 Å². The summed E-state index contributed by atoms with van der Waals surface area (Å²) in [5, 5.41) is 9.28. The smallest absolute Gasteiger partial charge is 0.267 e. The van der Waals surface area contributed by atoms with Gasteiger partial charge in [0.2, 0.25) is 0 Å².